The van der Waals surface area contributed by atoms with Crippen molar-refractivity contribution in [2.45, 2.75) is 50.4 Å². The van der Waals surface area contributed by atoms with Crippen molar-refractivity contribution in [3.8, 4) is 0 Å². The molecule has 0 spiro atoms. The molecule has 2 fully saturated rings. The third-order valence-electron chi connectivity index (χ3n) is 6.15. The minimum absolute atomic E-state index is 0.0405. The summed E-state index contributed by atoms with van der Waals surface area (Å²) < 4.78 is 45.6. The predicted octanol–water partition coefficient (Wildman–Crippen LogP) is 3.34. The number of hydrogen-bond donors (Lipinski definition) is 1. The zero-order chi connectivity index (χ0) is 19.7. The van der Waals surface area contributed by atoms with E-state index >= 15 is 0 Å². The van der Waals surface area contributed by atoms with Crippen molar-refractivity contribution >= 4 is 5.91 Å². The minimum Gasteiger partial charge on any atom is -0.384 e. The van der Waals surface area contributed by atoms with Gasteiger partial charge in [0, 0.05) is 30.5 Å². The van der Waals surface area contributed by atoms with Crippen LogP contribution in [0.1, 0.15) is 37.7 Å². The molecule has 4 nitrogen and oxygen atoms in total. The fourth-order valence-electron chi connectivity index (χ4n) is 4.50. The van der Waals surface area contributed by atoms with Crippen LogP contribution in [0.2, 0.25) is 0 Å². The second-order valence-corrected chi connectivity index (χ2v) is 7.75. The summed E-state index contributed by atoms with van der Waals surface area (Å²) in [5.74, 6) is -1.77. The number of hydrogen-bond acceptors (Lipinski definition) is 3. The fraction of sp³-hybridized carbons (Fsp3) is 0.650. The van der Waals surface area contributed by atoms with E-state index in [1.807, 2.05) is 30.3 Å². The third kappa shape index (κ3) is 4.14. The molecule has 150 valence electrons. The van der Waals surface area contributed by atoms with Crippen molar-refractivity contribution in [3.05, 3.63) is 35.9 Å². The van der Waals surface area contributed by atoms with Crippen LogP contribution in [0.15, 0.2) is 30.3 Å². The Balaban J connectivity index is 1.89. The van der Waals surface area contributed by atoms with Gasteiger partial charge < -0.3 is 15.0 Å². The molecule has 0 bridgehead atoms. The van der Waals surface area contributed by atoms with Crippen molar-refractivity contribution in [3.63, 3.8) is 0 Å². The first kappa shape index (κ1) is 20.1. The molecule has 1 aliphatic heterocycles. The number of halogens is 3. The van der Waals surface area contributed by atoms with E-state index in [0.717, 1.165) is 10.5 Å². The Morgan fingerprint density at radius 3 is 2.48 bits per heavy atom. The van der Waals surface area contributed by atoms with Crippen LogP contribution in [0.25, 0.3) is 0 Å². The Kier molecular flexibility index (Phi) is 5.82. The van der Waals surface area contributed by atoms with E-state index in [1.165, 1.54) is 0 Å². The Morgan fingerprint density at radius 2 is 1.93 bits per heavy atom. The zero-order valence-electron chi connectivity index (χ0n) is 15.8. The van der Waals surface area contributed by atoms with E-state index in [-0.39, 0.29) is 5.92 Å². The van der Waals surface area contributed by atoms with Crippen LogP contribution in [0.3, 0.4) is 0 Å². The summed E-state index contributed by atoms with van der Waals surface area (Å²) in [4.78, 5) is 13.5. The molecule has 1 saturated carbocycles. The van der Waals surface area contributed by atoms with Gasteiger partial charge in [0.25, 0.3) is 0 Å². The molecule has 3 atom stereocenters. The lowest BCUT2D eigenvalue weighted by Crippen LogP contribution is -2.58. The van der Waals surface area contributed by atoms with E-state index < -0.39 is 29.6 Å². The summed E-state index contributed by atoms with van der Waals surface area (Å²) >= 11 is 0. The van der Waals surface area contributed by atoms with Gasteiger partial charge in [-0.3, -0.25) is 4.79 Å². The van der Waals surface area contributed by atoms with Crippen LogP contribution in [0, 0.1) is 5.41 Å². The lowest BCUT2D eigenvalue weighted by molar-refractivity contribution is -0.192. The molecule has 7 heteroatoms. The molecule has 1 aromatic rings. The molecular weight excluding hydrogens is 357 g/mol. The highest BCUT2D eigenvalue weighted by molar-refractivity contribution is 5.83. The predicted molar refractivity (Wildman–Crippen MR) is 96.4 cm³/mol. The van der Waals surface area contributed by atoms with Crippen molar-refractivity contribution in [2.75, 3.05) is 26.8 Å². The highest BCUT2D eigenvalue weighted by Crippen LogP contribution is 2.49. The van der Waals surface area contributed by atoms with Crippen molar-refractivity contribution in [1.82, 2.24) is 10.2 Å². The van der Waals surface area contributed by atoms with E-state index in [9.17, 15) is 18.0 Å². The van der Waals surface area contributed by atoms with Gasteiger partial charge in [-0.25, -0.2) is 0 Å². The molecule has 0 radical (unpaired) electrons. The highest BCUT2D eigenvalue weighted by atomic mass is 19.4. The largest absolute Gasteiger partial charge is 0.471 e. The highest BCUT2D eigenvalue weighted by Gasteiger charge is 2.56. The van der Waals surface area contributed by atoms with E-state index in [4.69, 9.17) is 4.74 Å². The van der Waals surface area contributed by atoms with Crippen LogP contribution in [0.4, 0.5) is 13.2 Å². The Bertz CT molecular complexity index is 639. The molecule has 1 aliphatic carbocycles. The summed E-state index contributed by atoms with van der Waals surface area (Å²) in [5.41, 5.74) is 0.519. The normalized spacial score (nSPS) is 25.7. The zero-order valence-corrected chi connectivity index (χ0v) is 15.8. The maximum atomic E-state index is 13.4. The first-order valence-corrected chi connectivity index (χ1v) is 9.44. The second-order valence-electron chi connectivity index (χ2n) is 7.75. The van der Waals surface area contributed by atoms with Crippen molar-refractivity contribution in [1.29, 1.82) is 0 Å². The summed E-state index contributed by atoms with van der Waals surface area (Å²) in [6.45, 7) is 3.54. The fourth-order valence-corrected chi connectivity index (χ4v) is 4.50. The number of ether oxygens (including phenoxy) is 1. The maximum absolute atomic E-state index is 13.4. The number of alkyl halides is 3. The number of benzene rings is 1. The van der Waals surface area contributed by atoms with Gasteiger partial charge in [-0.15, -0.1) is 0 Å². The van der Waals surface area contributed by atoms with Crippen LogP contribution in [0.5, 0.6) is 0 Å². The number of carbonyl (C=O) groups is 1. The first-order valence-electron chi connectivity index (χ1n) is 9.44. The first-order chi connectivity index (χ1) is 12.8. The molecule has 1 heterocycles. The molecule has 3 rings (SSSR count). The van der Waals surface area contributed by atoms with Gasteiger partial charge in [0.15, 0.2) is 0 Å². The average molecular weight is 384 g/mol. The topological polar surface area (TPSA) is 41.6 Å². The number of nitrogens with zero attached hydrogens (tertiary/aromatic N) is 1. The SMILES string of the molecule is COCC1(C(C)N(C(=O)C(F)(F)F)C2CC2c2ccccc2)CCNCC1. The van der Waals surface area contributed by atoms with Crippen LogP contribution in [-0.2, 0) is 9.53 Å². The number of carbonyl (C=O) groups excluding carboxylic acids is 1. The smallest absolute Gasteiger partial charge is 0.384 e. The number of piperidine rings is 1. The summed E-state index contributed by atoms with van der Waals surface area (Å²) in [6.07, 6.45) is -2.94. The standard InChI is InChI=1S/C20H27F3N2O2/c1-14(19(13-27-2)8-10-24-11-9-19)25(18(26)20(21,22)23)17-12-16(17)15-6-4-3-5-7-15/h3-7,14,16-17,24H,8-13H2,1-2H3. The van der Waals surface area contributed by atoms with Crippen LogP contribution < -0.4 is 5.32 Å². The molecule has 0 aromatic heterocycles. The van der Waals surface area contributed by atoms with Crippen molar-refractivity contribution in [2.24, 2.45) is 5.41 Å². The third-order valence-corrected chi connectivity index (χ3v) is 6.15. The van der Waals surface area contributed by atoms with Crippen LogP contribution in [-0.4, -0.2) is 55.9 Å². The molecule has 2 aliphatic rings. The Morgan fingerprint density at radius 1 is 1.30 bits per heavy atom. The minimum atomic E-state index is -4.88. The second kappa shape index (κ2) is 7.80. The van der Waals surface area contributed by atoms with Gasteiger partial charge >= 0.3 is 12.1 Å². The van der Waals surface area contributed by atoms with Gasteiger partial charge in [0.1, 0.15) is 0 Å². The number of amides is 1. The molecule has 1 aromatic carbocycles. The maximum Gasteiger partial charge on any atom is 0.471 e. The Labute approximate surface area is 158 Å². The van der Waals surface area contributed by atoms with Gasteiger partial charge in [-0.2, -0.15) is 13.2 Å². The lowest BCUT2D eigenvalue weighted by atomic mass is 9.73. The van der Waals surface area contributed by atoms with Gasteiger partial charge in [-0.1, -0.05) is 30.3 Å². The quantitative estimate of drug-likeness (QED) is 0.818. The summed E-state index contributed by atoms with van der Waals surface area (Å²) in [5, 5.41) is 3.25. The van der Waals surface area contributed by atoms with Crippen molar-refractivity contribution < 1.29 is 22.7 Å². The number of rotatable bonds is 6. The Hall–Kier alpha value is -1.60. The lowest BCUT2D eigenvalue weighted by Gasteiger charge is -2.47. The van der Waals surface area contributed by atoms with Crippen LogP contribution >= 0.6 is 0 Å². The molecular formula is C20H27F3N2O2. The molecule has 27 heavy (non-hydrogen) atoms. The van der Waals surface area contributed by atoms with E-state index in [1.54, 1.807) is 14.0 Å². The van der Waals surface area contributed by atoms with E-state index in [2.05, 4.69) is 5.32 Å². The molecule has 1 N–H and O–H groups in total. The molecule has 3 unspecified atom stereocenters. The summed E-state index contributed by atoms with van der Waals surface area (Å²) in [6, 6.07) is 8.51. The summed E-state index contributed by atoms with van der Waals surface area (Å²) in [7, 11) is 1.57. The van der Waals surface area contributed by atoms with Gasteiger partial charge in [0.05, 0.1) is 6.61 Å². The monoisotopic (exact) mass is 384 g/mol. The molecule has 1 saturated heterocycles. The number of nitrogens with one attached hydrogen (secondary N) is 1. The number of methoxy groups -OCH3 is 1. The molecule has 1 amide bonds. The van der Waals surface area contributed by atoms with Gasteiger partial charge in [-0.05, 0) is 44.8 Å². The van der Waals surface area contributed by atoms with Gasteiger partial charge in [0.2, 0.25) is 0 Å². The van der Waals surface area contributed by atoms with E-state index in [0.29, 0.717) is 39.0 Å². The average Bonchev–Trinajstić information content (AvgIpc) is 3.43.